The van der Waals surface area contributed by atoms with Crippen molar-refractivity contribution in [3.63, 3.8) is 0 Å². The molecular weight excluding hydrogens is 204 g/mol. The van der Waals surface area contributed by atoms with Crippen LogP contribution in [0.1, 0.15) is 18.3 Å². The molecule has 0 unspecified atom stereocenters. The number of hydrogen-bond acceptors (Lipinski definition) is 4. The fourth-order valence-electron chi connectivity index (χ4n) is 1.44. The van der Waals surface area contributed by atoms with Crippen LogP contribution >= 0.6 is 0 Å². The Morgan fingerprint density at radius 2 is 1.75 bits per heavy atom. The highest BCUT2D eigenvalue weighted by molar-refractivity contribution is 5.78. The molecule has 82 valence electrons. The standard InChI is InChI=1S/C12H12N2O2/c1-7-8(2)14-12-6-10(16-9(3)15)4-5-11(12)13-7/h4-6H,1-3H3. The largest absolute Gasteiger partial charge is 0.427 e. The van der Waals surface area contributed by atoms with Gasteiger partial charge in [-0.25, -0.2) is 9.97 Å². The Morgan fingerprint density at radius 3 is 2.38 bits per heavy atom. The summed E-state index contributed by atoms with van der Waals surface area (Å²) in [6.45, 7) is 5.19. The first-order valence-corrected chi connectivity index (χ1v) is 4.99. The van der Waals surface area contributed by atoms with Gasteiger partial charge in [0.25, 0.3) is 0 Å². The van der Waals surface area contributed by atoms with Crippen LogP contribution in [-0.2, 0) is 4.79 Å². The Morgan fingerprint density at radius 1 is 1.12 bits per heavy atom. The van der Waals surface area contributed by atoms with Gasteiger partial charge in [0.1, 0.15) is 5.75 Å². The fourth-order valence-corrected chi connectivity index (χ4v) is 1.44. The molecule has 0 saturated carbocycles. The van der Waals surface area contributed by atoms with Crippen LogP contribution in [-0.4, -0.2) is 15.9 Å². The zero-order valence-electron chi connectivity index (χ0n) is 9.44. The van der Waals surface area contributed by atoms with Gasteiger partial charge in [-0.3, -0.25) is 4.79 Å². The van der Waals surface area contributed by atoms with Crippen molar-refractivity contribution in [2.24, 2.45) is 0 Å². The summed E-state index contributed by atoms with van der Waals surface area (Å²) in [4.78, 5) is 19.6. The van der Waals surface area contributed by atoms with Crippen molar-refractivity contribution >= 4 is 17.0 Å². The second-order valence-corrected chi connectivity index (χ2v) is 3.64. The van der Waals surface area contributed by atoms with Crippen molar-refractivity contribution in [1.82, 2.24) is 9.97 Å². The summed E-state index contributed by atoms with van der Waals surface area (Å²) >= 11 is 0. The topological polar surface area (TPSA) is 52.1 Å². The molecule has 0 aliphatic rings. The first kappa shape index (κ1) is 10.5. The van der Waals surface area contributed by atoms with E-state index in [1.807, 2.05) is 13.8 Å². The van der Waals surface area contributed by atoms with Crippen LogP contribution in [0.15, 0.2) is 18.2 Å². The highest BCUT2D eigenvalue weighted by Crippen LogP contribution is 2.19. The lowest BCUT2D eigenvalue weighted by molar-refractivity contribution is -0.131. The third-order valence-electron chi connectivity index (χ3n) is 2.31. The van der Waals surface area contributed by atoms with Crippen molar-refractivity contribution < 1.29 is 9.53 Å². The monoisotopic (exact) mass is 216 g/mol. The molecular formula is C12H12N2O2. The van der Waals surface area contributed by atoms with Crippen LogP contribution in [0.4, 0.5) is 0 Å². The molecule has 0 saturated heterocycles. The third-order valence-corrected chi connectivity index (χ3v) is 2.31. The van der Waals surface area contributed by atoms with Gasteiger partial charge < -0.3 is 4.74 Å². The average molecular weight is 216 g/mol. The predicted molar refractivity (Wildman–Crippen MR) is 60.3 cm³/mol. The number of fused-ring (bicyclic) bond motifs is 1. The van der Waals surface area contributed by atoms with Crippen LogP contribution in [0.2, 0.25) is 0 Å². The van der Waals surface area contributed by atoms with Gasteiger partial charge in [0, 0.05) is 13.0 Å². The Balaban J connectivity index is 2.53. The predicted octanol–water partition coefficient (Wildman–Crippen LogP) is 2.17. The SMILES string of the molecule is CC(=O)Oc1ccc2nc(C)c(C)nc2c1. The number of aromatic nitrogens is 2. The number of ether oxygens (including phenoxy) is 1. The average Bonchev–Trinajstić information content (AvgIpc) is 2.19. The molecule has 2 aromatic rings. The number of nitrogens with zero attached hydrogens (tertiary/aromatic N) is 2. The van der Waals surface area contributed by atoms with Gasteiger partial charge in [-0.2, -0.15) is 0 Å². The minimum atomic E-state index is -0.337. The number of rotatable bonds is 1. The van der Waals surface area contributed by atoms with E-state index < -0.39 is 0 Å². The quantitative estimate of drug-likeness (QED) is 0.541. The second kappa shape index (κ2) is 3.89. The van der Waals surface area contributed by atoms with Crippen LogP contribution in [0.5, 0.6) is 5.75 Å². The number of carbonyl (C=O) groups excluding carboxylic acids is 1. The van der Waals surface area contributed by atoms with Crippen LogP contribution in [0.25, 0.3) is 11.0 Å². The maximum absolute atomic E-state index is 10.8. The normalized spacial score (nSPS) is 10.4. The molecule has 0 atom stereocenters. The Hall–Kier alpha value is -1.97. The van der Waals surface area contributed by atoms with Gasteiger partial charge in [-0.15, -0.1) is 0 Å². The number of benzene rings is 1. The number of carbonyl (C=O) groups is 1. The van der Waals surface area contributed by atoms with E-state index in [1.54, 1.807) is 18.2 Å². The van der Waals surface area contributed by atoms with E-state index in [0.717, 1.165) is 22.4 Å². The van der Waals surface area contributed by atoms with E-state index in [2.05, 4.69) is 9.97 Å². The van der Waals surface area contributed by atoms with Gasteiger partial charge in [-0.1, -0.05) is 0 Å². The van der Waals surface area contributed by atoms with Crippen LogP contribution in [0.3, 0.4) is 0 Å². The van der Waals surface area contributed by atoms with Crippen molar-refractivity contribution in [2.45, 2.75) is 20.8 Å². The van der Waals surface area contributed by atoms with E-state index in [9.17, 15) is 4.79 Å². The number of hydrogen-bond donors (Lipinski definition) is 0. The summed E-state index contributed by atoms with van der Waals surface area (Å²) in [6, 6.07) is 5.23. The highest BCUT2D eigenvalue weighted by Gasteiger charge is 2.04. The van der Waals surface area contributed by atoms with Gasteiger partial charge in [0.2, 0.25) is 0 Å². The van der Waals surface area contributed by atoms with Gasteiger partial charge >= 0.3 is 5.97 Å². The molecule has 4 nitrogen and oxygen atoms in total. The van der Waals surface area contributed by atoms with Crippen molar-refractivity contribution in [3.05, 3.63) is 29.6 Å². The Labute approximate surface area is 93.3 Å². The molecule has 0 bridgehead atoms. The molecule has 0 aliphatic heterocycles. The maximum Gasteiger partial charge on any atom is 0.308 e. The number of esters is 1. The van der Waals surface area contributed by atoms with E-state index in [4.69, 9.17) is 4.74 Å². The lowest BCUT2D eigenvalue weighted by Gasteiger charge is -2.04. The fraction of sp³-hybridized carbons (Fsp3) is 0.250. The summed E-state index contributed by atoms with van der Waals surface area (Å²) in [5.41, 5.74) is 3.33. The molecule has 2 rings (SSSR count). The lowest BCUT2D eigenvalue weighted by atomic mass is 10.2. The summed E-state index contributed by atoms with van der Waals surface area (Å²) in [5, 5.41) is 0. The molecule has 0 amide bonds. The first-order chi connectivity index (χ1) is 7.56. The molecule has 0 spiro atoms. The van der Waals surface area contributed by atoms with Crippen LogP contribution < -0.4 is 4.74 Å². The third kappa shape index (κ3) is 2.00. The molecule has 0 N–H and O–H groups in total. The van der Waals surface area contributed by atoms with Gasteiger partial charge in [0.05, 0.1) is 22.4 Å². The van der Waals surface area contributed by atoms with Crippen molar-refractivity contribution in [2.75, 3.05) is 0 Å². The highest BCUT2D eigenvalue weighted by atomic mass is 16.5. The molecule has 4 heteroatoms. The van der Waals surface area contributed by atoms with E-state index in [1.165, 1.54) is 6.92 Å². The number of aryl methyl sites for hydroxylation is 2. The van der Waals surface area contributed by atoms with Crippen LogP contribution in [0, 0.1) is 13.8 Å². The lowest BCUT2D eigenvalue weighted by Crippen LogP contribution is -2.01. The molecule has 1 aromatic carbocycles. The summed E-state index contributed by atoms with van der Waals surface area (Å²) in [5.74, 6) is 0.161. The zero-order chi connectivity index (χ0) is 11.7. The minimum Gasteiger partial charge on any atom is -0.427 e. The summed E-state index contributed by atoms with van der Waals surface area (Å²) in [7, 11) is 0. The summed E-state index contributed by atoms with van der Waals surface area (Å²) < 4.78 is 4.99. The van der Waals surface area contributed by atoms with E-state index in [-0.39, 0.29) is 5.97 Å². The molecule has 16 heavy (non-hydrogen) atoms. The van der Waals surface area contributed by atoms with Crippen molar-refractivity contribution in [3.8, 4) is 5.75 Å². The molecule has 0 aliphatic carbocycles. The molecule has 0 fully saturated rings. The first-order valence-electron chi connectivity index (χ1n) is 4.99. The maximum atomic E-state index is 10.8. The Kier molecular flexibility index (Phi) is 2.56. The van der Waals surface area contributed by atoms with Gasteiger partial charge in [0.15, 0.2) is 0 Å². The zero-order valence-corrected chi connectivity index (χ0v) is 9.44. The minimum absolute atomic E-state index is 0.337. The smallest absolute Gasteiger partial charge is 0.308 e. The second-order valence-electron chi connectivity index (χ2n) is 3.64. The van der Waals surface area contributed by atoms with E-state index >= 15 is 0 Å². The molecule has 1 aromatic heterocycles. The molecule has 1 heterocycles. The van der Waals surface area contributed by atoms with Crippen molar-refractivity contribution in [1.29, 1.82) is 0 Å². The van der Waals surface area contributed by atoms with Gasteiger partial charge in [-0.05, 0) is 26.0 Å². The van der Waals surface area contributed by atoms with E-state index in [0.29, 0.717) is 5.75 Å². The molecule has 0 radical (unpaired) electrons. The Bertz CT molecular complexity index is 564. The summed E-state index contributed by atoms with van der Waals surface area (Å²) in [6.07, 6.45) is 0.